The fraction of sp³-hybridized carbons (Fsp3) is 0.385. The first-order valence-corrected chi connectivity index (χ1v) is 5.58. The van der Waals surface area contributed by atoms with Crippen LogP contribution in [0, 0.1) is 11.3 Å². The van der Waals surface area contributed by atoms with Crippen molar-refractivity contribution in [1.29, 1.82) is 5.26 Å². The van der Waals surface area contributed by atoms with E-state index in [9.17, 15) is 4.79 Å². The van der Waals surface area contributed by atoms with Gasteiger partial charge >= 0.3 is 0 Å². The van der Waals surface area contributed by atoms with Crippen molar-refractivity contribution in [3.05, 3.63) is 29.8 Å². The lowest BCUT2D eigenvalue weighted by molar-refractivity contribution is -0.121. The first kappa shape index (κ1) is 14.2. The highest BCUT2D eigenvalue weighted by molar-refractivity contribution is 5.91. The van der Waals surface area contributed by atoms with Gasteiger partial charge in [0.05, 0.1) is 25.7 Å². The molecule has 5 heteroatoms. The Morgan fingerprint density at radius 2 is 2.06 bits per heavy atom. The van der Waals surface area contributed by atoms with E-state index >= 15 is 0 Å². The third-order valence-corrected chi connectivity index (χ3v) is 2.19. The van der Waals surface area contributed by atoms with Gasteiger partial charge in [-0.3, -0.25) is 4.79 Å². The number of rotatable bonds is 7. The van der Waals surface area contributed by atoms with Gasteiger partial charge in [-0.15, -0.1) is 0 Å². The molecular formula is C13H16N2O3. The van der Waals surface area contributed by atoms with E-state index in [1.807, 2.05) is 12.1 Å². The smallest absolute Gasteiger partial charge is 0.250 e. The van der Waals surface area contributed by atoms with Crippen LogP contribution >= 0.6 is 0 Å². The zero-order valence-corrected chi connectivity index (χ0v) is 10.3. The number of methoxy groups -OCH3 is 1. The number of ether oxygens (including phenoxy) is 2. The molecule has 1 aromatic rings. The Labute approximate surface area is 106 Å². The predicted molar refractivity (Wildman–Crippen MR) is 67.1 cm³/mol. The van der Waals surface area contributed by atoms with Crippen LogP contribution in [0.4, 0.5) is 5.69 Å². The van der Waals surface area contributed by atoms with Crippen LogP contribution in [0.2, 0.25) is 0 Å². The second-order valence-corrected chi connectivity index (χ2v) is 3.63. The van der Waals surface area contributed by atoms with Crippen LogP contribution in [-0.4, -0.2) is 32.8 Å². The van der Waals surface area contributed by atoms with Crippen molar-refractivity contribution in [2.45, 2.75) is 6.42 Å². The maximum atomic E-state index is 11.5. The van der Waals surface area contributed by atoms with E-state index in [4.69, 9.17) is 14.7 Å². The largest absolute Gasteiger partial charge is 0.382 e. The van der Waals surface area contributed by atoms with Crippen molar-refractivity contribution >= 4 is 11.6 Å². The Kier molecular flexibility index (Phi) is 6.47. The summed E-state index contributed by atoms with van der Waals surface area (Å²) in [6.07, 6.45) is 0.369. The number of nitrogens with one attached hydrogen (secondary N) is 1. The number of carbonyl (C=O) groups excluding carboxylic acids is 1. The lowest BCUT2D eigenvalue weighted by atomic mass is 10.1. The van der Waals surface area contributed by atoms with E-state index in [0.717, 1.165) is 5.56 Å². The van der Waals surface area contributed by atoms with Crippen molar-refractivity contribution in [1.82, 2.24) is 0 Å². The van der Waals surface area contributed by atoms with Crippen molar-refractivity contribution in [2.75, 3.05) is 32.2 Å². The van der Waals surface area contributed by atoms with Crippen LogP contribution in [0.3, 0.4) is 0 Å². The van der Waals surface area contributed by atoms with Crippen LogP contribution in [0.1, 0.15) is 5.56 Å². The number of carbonyl (C=O) groups is 1. The maximum absolute atomic E-state index is 11.5. The minimum absolute atomic E-state index is 0.00328. The summed E-state index contributed by atoms with van der Waals surface area (Å²) in [5.74, 6) is -0.209. The maximum Gasteiger partial charge on any atom is 0.250 e. The molecule has 96 valence electrons. The Morgan fingerprint density at radius 3 is 2.67 bits per heavy atom. The number of nitrogens with zero attached hydrogens (tertiary/aromatic N) is 1. The molecule has 1 amide bonds. The fourth-order valence-electron chi connectivity index (χ4n) is 1.30. The van der Waals surface area contributed by atoms with Gasteiger partial charge in [-0.2, -0.15) is 5.26 Å². The molecule has 0 fully saturated rings. The normalized spacial score (nSPS) is 9.78. The summed E-state index contributed by atoms with van der Waals surface area (Å²) in [5, 5.41) is 11.2. The monoisotopic (exact) mass is 248 g/mol. The highest BCUT2D eigenvalue weighted by Crippen LogP contribution is 2.09. The highest BCUT2D eigenvalue weighted by atomic mass is 16.5. The van der Waals surface area contributed by atoms with E-state index in [1.54, 1.807) is 19.2 Å². The summed E-state index contributed by atoms with van der Waals surface area (Å²) in [4.78, 5) is 11.5. The lowest BCUT2D eigenvalue weighted by Crippen LogP contribution is -2.19. The zero-order valence-electron chi connectivity index (χ0n) is 10.3. The van der Waals surface area contributed by atoms with Crippen LogP contribution < -0.4 is 5.32 Å². The molecule has 1 N–H and O–H groups in total. The van der Waals surface area contributed by atoms with Gasteiger partial charge in [-0.25, -0.2) is 0 Å². The first-order chi connectivity index (χ1) is 8.76. The van der Waals surface area contributed by atoms with E-state index in [1.165, 1.54) is 0 Å². The quantitative estimate of drug-likeness (QED) is 0.739. The Morgan fingerprint density at radius 1 is 1.33 bits per heavy atom. The van der Waals surface area contributed by atoms with Crippen LogP contribution in [0.25, 0.3) is 0 Å². The summed E-state index contributed by atoms with van der Waals surface area (Å²) in [6.45, 7) is 0.866. The zero-order chi connectivity index (χ0) is 13.2. The van der Waals surface area contributed by atoms with Crippen LogP contribution in [0.5, 0.6) is 0 Å². The Bertz CT molecular complexity index is 409. The molecule has 0 unspecified atom stereocenters. The summed E-state index contributed by atoms with van der Waals surface area (Å²) < 4.78 is 9.89. The average Bonchev–Trinajstić information content (AvgIpc) is 2.37. The number of hydrogen-bond acceptors (Lipinski definition) is 4. The van der Waals surface area contributed by atoms with Gasteiger partial charge in [0.25, 0.3) is 0 Å². The van der Waals surface area contributed by atoms with Gasteiger partial charge in [-0.05, 0) is 17.7 Å². The standard InChI is InChI=1S/C13H16N2O3/c1-17-8-9-18-10-13(16)15-12-4-2-11(3-5-12)6-7-14/h2-5H,6,8-10H2,1H3,(H,15,16). The van der Waals surface area contributed by atoms with Crippen molar-refractivity contribution in [2.24, 2.45) is 0 Å². The lowest BCUT2D eigenvalue weighted by Gasteiger charge is -2.06. The molecule has 0 aliphatic heterocycles. The Hall–Kier alpha value is -1.90. The van der Waals surface area contributed by atoms with Crippen LogP contribution in [0.15, 0.2) is 24.3 Å². The fourth-order valence-corrected chi connectivity index (χ4v) is 1.30. The second kappa shape index (κ2) is 8.23. The summed E-state index contributed by atoms with van der Waals surface area (Å²) in [7, 11) is 1.58. The van der Waals surface area contributed by atoms with Crippen molar-refractivity contribution < 1.29 is 14.3 Å². The first-order valence-electron chi connectivity index (χ1n) is 5.58. The molecule has 0 saturated carbocycles. The number of benzene rings is 1. The molecule has 0 saturated heterocycles. The van der Waals surface area contributed by atoms with Gasteiger partial charge in [-0.1, -0.05) is 12.1 Å². The molecule has 0 aliphatic carbocycles. The van der Waals surface area contributed by atoms with Crippen LogP contribution in [-0.2, 0) is 20.7 Å². The molecule has 1 rings (SSSR count). The minimum Gasteiger partial charge on any atom is -0.382 e. The van der Waals surface area contributed by atoms with E-state index < -0.39 is 0 Å². The summed E-state index contributed by atoms with van der Waals surface area (Å²) in [6, 6.07) is 9.21. The third kappa shape index (κ3) is 5.43. The molecule has 0 atom stereocenters. The predicted octanol–water partition coefficient (Wildman–Crippen LogP) is 1.35. The average molecular weight is 248 g/mol. The molecule has 0 bridgehead atoms. The topological polar surface area (TPSA) is 71.3 Å². The molecule has 18 heavy (non-hydrogen) atoms. The third-order valence-electron chi connectivity index (χ3n) is 2.19. The van der Waals surface area contributed by atoms with Crippen molar-refractivity contribution in [3.8, 4) is 6.07 Å². The number of amides is 1. The van der Waals surface area contributed by atoms with E-state index in [-0.39, 0.29) is 12.5 Å². The van der Waals surface area contributed by atoms with Gasteiger partial charge in [0.15, 0.2) is 0 Å². The summed E-state index contributed by atoms with van der Waals surface area (Å²) >= 11 is 0. The van der Waals surface area contributed by atoms with Gasteiger partial charge in [0, 0.05) is 12.8 Å². The number of anilines is 1. The number of hydrogen-bond donors (Lipinski definition) is 1. The highest BCUT2D eigenvalue weighted by Gasteiger charge is 2.02. The number of nitriles is 1. The molecule has 0 heterocycles. The molecule has 0 radical (unpaired) electrons. The molecule has 0 aliphatic rings. The second-order valence-electron chi connectivity index (χ2n) is 3.63. The molecular weight excluding hydrogens is 232 g/mol. The van der Waals surface area contributed by atoms with Crippen molar-refractivity contribution in [3.63, 3.8) is 0 Å². The molecule has 1 aromatic carbocycles. The van der Waals surface area contributed by atoms with Gasteiger partial charge in [0.1, 0.15) is 6.61 Å². The molecule has 0 spiro atoms. The van der Waals surface area contributed by atoms with E-state index in [0.29, 0.717) is 25.3 Å². The Balaban J connectivity index is 2.33. The van der Waals surface area contributed by atoms with Gasteiger partial charge < -0.3 is 14.8 Å². The van der Waals surface area contributed by atoms with Gasteiger partial charge in [0.2, 0.25) is 5.91 Å². The minimum atomic E-state index is -0.209. The summed E-state index contributed by atoms with van der Waals surface area (Å²) in [5.41, 5.74) is 1.61. The molecule has 5 nitrogen and oxygen atoms in total. The SMILES string of the molecule is COCCOCC(=O)Nc1ccc(CC#N)cc1. The molecule has 0 aromatic heterocycles. The van der Waals surface area contributed by atoms with E-state index in [2.05, 4.69) is 11.4 Å².